The Morgan fingerprint density at radius 2 is 2.21 bits per heavy atom. The Morgan fingerprint density at radius 1 is 1.57 bits per heavy atom. The van der Waals surface area contributed by atoms with Crippen LogP contribution in [0, 0.1) is 0 Å². The molecule has 4 heteroatoms. The smallest absolute Gasteiger partial charge is 0.256 e. The summed E-state index contributed by atoms with van der Waals surface area (Å²) in [5.74, 6) is 0.565. The number of rotatable bonds is 3. The van der Waals surface area contributed by atoms with Crippen molar-refractivity contribution in [3.8, 4) is 5.75 Å². The molecule has 0 unspecified atom stereocenters. The molecule has 0 atom stereocenters. The van der Waals surface area contributed by atoms with Gasteiger partial charge >= 0.3 is 0 Å². The maximum atomic E-state index is 11.1. The molecular formula is C10H10BrClO2. The standard InChI is InChI=1S/C10H10BrClO2/c1-3-6-4-7(11)5-8(10(12)13)9(6)14-2/h4-5H,3H2,1-2H3. The van der Waals surface area contributed by atoms with Crippen LogP contribution in [0.5, 0.6) is 5.75 Å². The monoisotopic (exact) mass is 276 g/mol. The minimum absolute atomic E-state index is 0.403. The van der Waals surface area contributed by atoms with E-state index in [9.17, 15) is 4.79 Å². The summed E-state index contributed by atoms with van der Waals surface area (Å²) < 4.78 is 5.99. The SMILES string of the molecule is CCc1cc(Br)cc(C(=O)Cl)c1OC. The van der Waals surface area contributed by atoms with Crippen molar-refractivity contribution in [1.29, 1.82) is 0 Å². The van der Waals surface area contributed by atoms with Crippen LogP contribution in [0.25, 0.3) is 0 Å². The predicted molar refractivity (Wildman–Crippen MR) is 60.3 cm³/mol. The van der Waals surface area contributed by atoms with E-state index in [0.717, 1.165) is 16.5 Å². The molecule has 1 rings (SSSR count). The molecule has 0 aromatic heterocycles. The van der Waals surface area contributed by atoms with Gasteiger partial charge in [0, 0.05) is 4.47 Å². The Morgan fingerprint density at radius 3 is 2.64 bits per heavy atom. The number of hydrogen-bond donors (Lipinski definition) is 0. The zero-order valence-corrected chi connectivity index (χ0v) is 10.3. The molecule has 0 amide bonds. The lowest BCUT2D eigenvalue weighted by Gasteiger charge is -2.10. The Hall–Kier alpha value is -0.540. The Balaban J connectivity index is 3.39. The molecule has 0 radical (unpaired) electrons. The number of hydrogen-bond acceptors (Lipinski definition) is 2. The van der Waals surface area contributed by atoms with Crippen LogP contribution in [0.1, 0.15) is 22.8 Å². The summed E-state index contributed by atoms with van der Waals surface area (Å²) in [6.45, 7) is 1.99. The van der Waals surface area contributed by atoms with Crippen LogP contribution in [0.3, 0.4) is 0 Å². The third-order valence-electron chi connectivity index (χ3n) is 1.93. The number of halogens is 2. The van der Waals surface area contributed by atoms with Crippen molar-refractivity contribution in [3.63, 3.8) is 0 Å². The highest BCUT2D eigenvalue weighted by Gasteiger charge is 2.14. The summed E-state index contributed by atoms with van der Waals surface area (Å²) >= 11 is 8.77. The first-order valence-corrected chi connectivity index (χ1v) is 5.33. The van der Waals surface area contributed by atoms with Gasteiger partial charge in [-0.05, 0) is 35.7 Å². The molecule has 0 N–H and O–H groups in total. The van der Waals surface area contributed by atoms with E-state index in [1.54, 1.807) is 6.07 Å². The number of carbonyl (C=O) groups excluding carboxylic acids is 1. The summed E-state index contributed by atoms with van der Waals surface area (Å²) in [7, 11) is 1.53. The summed E-state index contributed by atoms with van der Waals surface area (Å²) in [6.07, 6.45) is 0.791. The zero-order valence-electron chi connectivity index (χ0n) is 7.93. The van der Waals surface area contributed by atoms with Gasteiger partial charge < -0.3 is 4.74 Å². The molecule has 14 heavy (non-hydrogen) atoms. The average molecular weight is 278 g/mol. The summed E-state index contributed by atoms with van der Waals surface area (Å²) in [4.78, 5) is 11.1. The van der Waals surface area contributed by atoms with Crippen molar-refractivity contribution in [2.45, 2.75) is 13.3 Å². The molecule has 0 saturated heterocycles. The van der Waals surface area contributed by atoms with Crippen LogP contribution in [-0.2, 0) is 6.42 Å². The molecule has 2 nitrogen and oxygen atoms in total. The quantitative estimate of drug-likeness (QED) is 0.792. The molecule has 0 spiro atoms. The molecule has 76 valence electrons. The predicted octanol–water partition coefficient (Wildman–Crippen LogP) is 3.40. The molecule has 1 aromatic carbocycles. The lowest BCUT2D eigenvalue weighted by atomic mass is 10.1. The van der Waals surface area contributed by atoms with E-state index in [1.165, 1.54) is 7.11 Å². The van der Waals surface area contributed by atoms with E-state index in [-0.39, 0.29) is 0 Å². The molecule has 0 aliphatic heterocycles. The first-order valence-electron chi connectivity index (χ1n) is 4.16. The third-order valence-corrected chi connectivity index (χ3v) is 2.59. The van der Waals surface area contributed by atoms with E-state index >= 15 is 0 Å². The second-order valence-electron chi connectivity index (χ2n) is 2.77. The van der Waals surface area contributed by atoms with Crippen molar-refractivity contribution in [2.24, 2.45) is 0 Å². The van der Waals surface area contributed by atoms with Gasteiger partial charge in [0.2, 0.25) is 0 Å². The second-order valence-corrected chi connectivity index (χ2v) is 4.03. The first-order chi connectivity index (χ1) is 6.60. The number of carbonyl (C=O) groups is 1. The molecule has 0 bridgehead atoms. The highest BCUT2D eigenvalue weighted by Crippen LogP contribution is 2.29. The summed E-state index contributed by atoms with van der Waals surface area (Å²) in [5.41, 5.74) is 1.37. The topological polar surface area (TPSA) is 26.3 Å². The molecule has 0 aliphatic carbocycles. The van der Waals surface area contributed by atoms with Gasteiger partial charge in [0.05, 0.1) is 12.7 Å². The number of ether oxygens (including phenoxy) is 1. The van der Waals surface area contributed by atoms with Crippen LogP contribution in [0.15, 0.2) is 16.6 Å². The fourth-order valence-corrected chi connectivity index (χ4v) is 1.95. The Bertz CT molecular complexity index is 363. The average Bonchev–Trinajstić information content (AvgIpc) is 2.16. The van der Waals surface area contributed by atoms with Gasteiger partial charge in [0.25, 0.3) is 5.24 Å². The summed E-state index contributed by atoms with van der Waals surface area (Å²) in [6, 6.07) is 3.58. The molecule has 0 aliphatic rings. The lowest BCUT2D eigenvalue weighted by Crippen LogP contribution is -1.99. The molecule has 0 saturated carbocycles. The molecule has 1 aromatic rings. The molecule has 0 fully saturated rings. The highest BCUT2D eigenvalue weighted by molar-refractivity contribution is 9.10. The second kappa shape index (κ2) is 4.80. The normalized spacial score (nSPS) is 10.0. The lowest BCUT2D eigenvalue weighted by molar-refractivity contribution is 0.107. The van der Waals surface area contributed by atoms with Gasteiger partial charge in [-0.3, -0.25) is 4.79 Å². The zero-order chi connectivity index (χ0) is 10.7. The van der Waals surface area contributed by atoms with E-state index < -0.39 is 5.24 Å². The van der Waals surface area contributed by atoms with Crippen molar-refractivity contribution in [2.75, 3.05) is 7.11 Å². The first kappa shape index (κ1) is 11.5. The fourth-order valence-electron chi connectivity index (χ4n) is 1.30. The van der Waals surface area contributed by atoms with E-state index in [1.807, 2.05) is 13.0 Å². The van der Waals surface area contributed by atoms with Gasteiger partial charge in [-0.1, -0.05) is 22.9 Å². The number of methoxy groups -OCH3 is 1. The van der Waals surface area contributed by atoms with E-state index in [0.29, 0.717) is 11.3 Å². The molecular weight excluding hydrogens is 267 g/mol. The van der Waals surface area contributed by atoms with Gasteiger partial charge in [-0.15, -0.1) is 0 Å². The minimum atomic E-state index is -0.502. The van der Waals surface area contributed by atoms with Gasteiger partial charge in [-0.2, -0.15) is 0 Å². The number of benzene rings is 1. The van der Waals surface area contributed by atoms with Gasteiger partial charge in [-0.25, -0.2) is 0 Å². The highest BCUT2D eigenvalue weighted by atomic mass is 79.9. The maximum Gasteiger partial charge on any atom is 0.256 e. The Kier molecular flexibility index (Phi) is 3.96. The van der Waals surface area contributed by atoms with Crippen LogP contribution in [0.2, 0.25) is 0 Å². The van der Waals surface area contributed by atoms with Crippen LogP contribution in [-0.4, -0.2) is 12.4 Å². The van der Waals surface area contributed by atoms with Crippen molar-refractivity contribution >= 4 is 32.8 Å². The van der Waals surface area contributed by atoms with E-state index in [2.05, 4.69) is 15.9 Å². The summed E-state index contributed by atoms with van der Waals surface area (Å²) in [5, 5.41) is -0.502. The van der Waals surface area contributed by atoms with Gasteiger partial charge in [0.1, 0.15) is 5.75 Å². The largest absolute Gasteiger partial charge is 0.496 e. The van der Waals surface area contributed by atoms with Crippen molar-refractivity contribution in [3.05, 3.63) is 27.7 Å². The van der Waals surface area contributed by atoms with Crippen LogP contribution < -0.4 is 4.74 Å². The minimum Gasteiger partial charge on any atom is -0.496 e. The van der Waals surface area contributed by atoms with Crippen LogP contribution in [0.4, 0.5) is 0 Å². The van der Waals surface area contributed by atoms with E-state index in [4.69, 9.17) is 16.3 Å². The fraction of sp³-hybridized carbons (Fsp3) is 0.300. The number of aryl methyl sites for hydroxylation is 1. The third kappa shape index (κ3) is 2.28. The maximum absolute atomic E-state index is 11.1. The van der Waals surface area contributed by atoms with Crippen LogP contribution >= 0.6 is 27.5 Å². The van der Waals surface area contributed by atoms with Crippen molar-refractivity contribution in [1.82, 2.24) is 0 Å². The Labute approximate surface area is 96.3 Å². The van der Waals surface area contributed by atoms with Gasteiger partial charge in [0.15, 0.2) is 0 Å². The molecule has 0 heterocycles. The van der Waals surface area contributed by atoms with Crippen molar-refractivity contribution < 1.29 is 9.53 Å².